The lowest BCUT2D eigenvalue weighted by molar-refractivity contribution is 0.171. The van der Waals surface area contributed by atoms with Crippen LogP contribution in [0.2, 0.25) is 0 Å². The second-order valence-corrected chi connectivity index (χ2v) is 2.79. The van der Waals surface area contributed by atoms with Crippen LogP contribution in [0.5, 0.6) is 11.5 Å². The van der Waals surface area contributed by atoms with Crippen molar-refractivity contribution in [2.75, 3.05) is 14.2 Å². The van der Waals surface area contributed by atoms with E-state index < -0.39 is 6.09 Å². The highest BCUT2D eigenvalue weighted by molar-refractivity contribution is 5.81. The number of phenols is 1. The number of rotatable bonds is 3. The maximum Gasteiger partial charge on any atom is 0.427 e. The fraction of sp³-hybridized carbons (Fsp3) is 0.200. The van der Waals surface area contributed by atoms with E-state index >= 15 is 0 Å². The van der Waals surface area contributed by atoms with Crippen molar-refractivity contribution in [1.29, 1.82) is 0 Å². The molecule has 1 aromatic rings. The molecule has 0 fully saturated rings. The molecular weight excluding hydrogens is 212 g/mol. The van der Waals surface area contributed by atoms with E-state index in [1.807, 2.05) is 0 Å². The first kappa shape index (κ1) is 11.8. The minimum Gasteiger partial charge on any atom is -0.504 e. The largest absolute Gasteiger partial charge is 0.504 e. The zero-order valence-electron chi connectivity index (χ0n) is 8.93. The highest BCUT2D eigenvalue weighted by Gasteiger charge is 2.00. The van der Waals surface area contributed by atoms with Gasteiger partial charge in [0.1, 0.15) is 0 Å². The van der Waals surface area contributed by atoms with Crippen molar-refractivity contribution in [3.63, 3.8) is 0 Å². The third-order valence-corrected chi connectivity index (χ3v) is 1.76. The van der Waals surface area contributed by atoms with Gasteiger partial charge in [-0.15, -0.1) is 0 Å². The lowest BCUT2D eigenvalue weighted by atomic mass is 10.2. The van der Waals surface area contributed by atoms with Crippen LogP contribution in [-0.4, -0.2) is 31.6 Å². The molecule has 6 nitrogen and oxygen atoms in total. The molecule has 0 saturated carbocycles. The number of hydrazone groups is 1. The molecule has 0 atom stereocenters. The number of aromatic hydroxyl groups is 1. The third kappa shape index (κ3) is 3.16. The number of carbonyl (C=O) groups excluding carboxylic acids is 1. The van der Waals surface area contributed by atoms with Crippen molar-refractivity contribution < 1.29 is 19.4 Å². The van der Waals surface area contributed by atoms with E-state index in [2.05, 4.69) is 15.3 Å². The van der Waals surface area contributed by atoms with Gasteiger partial charge in [0.2, 0.25) is 0 Å². The van der Waals surface area contributed by atoms with Crippen LogP contribution >= 0.6 is 0 Å². The summed E-state index contributed by atoms with van der Waals surface area (Å²) >= 11 is 0. The van der Waals surface area contributed by atoms with Crippen LogP contribution in [0, 0.1) is 0 Å². The summed E-state index contributed by atoms with van der Waals surface area (Å²) in [5, 5.41) is 13.1. The molecule has 1 rings (SSSR count). The van der Waals surface area contributed by atoms with Gasteiger partial charge in [0, 0.05) is 0 Å². The Labute approximate surface area is 92.5 Å². The topological polar surface area (TPSA) is 80.2 Å². The summed E-state index contributed by atoms with van der Waals surface area (Å²) in [6.45, 7) is 0. The Morgan fingerprint density at radius 2 is 2.25 bits per heavy atom. The van der Waals surface area contributed by atoms with Crippen LogP contribution in [0.3, 0.4) is 0 Å². The zero-order valence-corrected chi connectivity index (χ0v) is 8.93. The molecule has 0 aliphatic carbocycles. The first-order valence-corrected chi connectivity index (χ1v) is 4.41. The normalized spacial score (nSPS) is 10.1. The van der Waals surface area contributed by atoms with Gasteiger partial charge in [-0.1, -0.05) is 0 Å². The number of carbonyl (C=O) groups is 1. The Hall–Kier alpha value is -2.24. The number of hydrogen-bond acceptors (Lipinski definition) is 5. The van der Waals surface area contributed by atoms with Crippen LogP contribution in [-0.2, 0) is 4.74 Å². The predicted molar refractivity (Wildman–Crippen MR) is 57.8 cm³/mol. The molecule has 0 spiro atoms. The fourth-order valence-electron chi connectivity index (χ4n) is 0.992. The molecule has 0 heterocycles. The average molecular weight is 224 g/mol. The molecule has 0 radical (unpaired) electrons. The van der Waals surface area contributed by atoms with Crippen LogP contribution in [0.4, 0.5) is 4.79 Å². The standard InChI is InChI=1S/C10H12N2O4/c1-15-9-4-3-7(5-8(9)13)6-11-12-10(14)16-2/h3-6,13H,1-2H3,(H,12,14). The minimum atomic E-state index is -0.658. The van der Waals surface area contributed by atoms with Gasteiger partial charge in [-0.2, -0.15) is 5.10 Å². The molecule has 0 unspecified atom stereocenters. The van der Waals surface area contributed by atoms with Gasteiger partial charge in [0.25, 0.3) is 0 Å². The quantitative estimate of drug-likeness (QED) is 0.595. The molecule has 0 aliphatic rings. The first-order chi connectivity index (χ1) is 7.67. The van der Waals surface area contributed by atoms with Crippen molar-refractivity contribution >= 4 is 12.3 Å². The molecule has 1 aromatic carbocycles. The van der Waals surface area contributed by atoms with Crippen LogP contribution in [0.1, 0.15) is 5.56 Å². The zero-order chi connectivity index (χ0) is 12.0. The van der Waals surface area contributed by atoms with Crippen molar-refractivity contribution in [3.8, 4) is 11.5 Å². The number of ether oxygens (including phenoxy) is 2. The first-order valence-electron chi connectivity index (χ1n) is 4.41. The summed E-state index contributed by atoms with van der Waals surface area (Å²) in [5.74, 6) is 0.377. The minimum absolute atomic E-state index is 0.00418. The Balaban J connectivity index is 2.68. The fourth-order valence-corrected chi connectivity index (χ4v) is 0.992. The number of amides is 1. The van der Waals surface area contributed by atoms with Crippen molar-refractivity contribution in [1.82, 2.24) is 5.43 Å². The predicted octanol–water partition coefficient (Wildman–Crippen LogP) is 1.09. The van der Waals surface area contributed by atoms with Crippen molar-refractivity contribution in [3.05, 3.63) is 23.8 Å². The SMILES string of the molecule is COC(=O)NN=Cc1ccc(OC)c(O)c1. The van der Waals surface area contributed by atoms with Gasteiger partial charge in [-0.25, -0.2) is 10.2 Å². The maximum absolute atomic E-state index is 10.7. The number of methoxy groups -OCH3 is 2. The van der Waals surface area contributed by atoms with E-state index in [0.717, 1.165) is 0 Å². The van der Waals surface area contributed by atoms with Gasteiger partial charge >= 0.3 is 6.09 Å². The van der Waals surface area contributed by atoms with Crippen molar-refractivity contribution in [2.24, 2.45) is 5.10 Å². The van der Waals surface area contributed by atoms with E-state index in [-0.39, 0.29) is 5.75 Å². The summed E-state index contributed by atoms with van der Waals surface area (Å²) in [5.41, 5.74) is 2.74. The molecular formula is C10H12N2O4. The molecule has 6 heteroatoms. The summed E-state index contributed by atoms with van der Waals surface area (Å²) in [7, 11) is 2.70. The van der Waals surface area contributed by atoms with E-state index in [0.29, 0.717) is 11.3 Å². The molecule has 0 bridgehead atoms. The maximum atomic E-state index is 10.7. The second kappa shape index (κ2) is 5.59. The Kier molecular flexibility index (Phi) is 4.14. The number of phenolic OH excluding ortho intramolecular Hbond substituents is 1. The Bertz CT molecular complexity index is 404. The van der Waals surface area contributed by atoms with E-state index in [1.165, 1.54) is 26.5 Å². The van der Waals surface area contributed by atoms with Gasteiger partial charge < -0.3 is 14.6 Å². The highest BCUT2D eigenvalue weighted by Crippen LogP contribution is 2.25. The van der Waals surface area contributed by atoms with E-state index in [9.17, 15) is 9.90 Å². The Morgan fingerprint density at radius 1 is 1.50 bits per heavy atom. The van der Waals surface area contributed by atoms with Gasteiger partial charge in [0.15, 0.2) is 11.5 Å². The van der Waals surface area contributed by atoms with Gasteiger partial charge in [0.05, 0.1) is 20.4 Å². The number of benzene rings is 1. The smallest absolute Gasteiger partial charge is 0.427 e. The van der Waals surface area contributed by atoms with Crippen LogP contribution in [0.15, 0.2) is 23.3 Å². The lowest BCUT2D eigenvalue weighted by Gasteiger charge is -2.02. The summed E-state index contributed by atoms with van der Waals surface area (Å²) in [4.78, 5) is 10.7. The lowest BCUT2D eigenvalue weighted by Crippen LogP contribution is -2.16. The van der Waals surface area contributed by atoms with E-state index in [1.54, 1.807) is 12.1 Å². The Morgan fingerprint density at radius 3 is 2.81 bits per heavy atom. The molecule has 0 saturated heterocycles. The molecule has 1 amide bonds. The molecule has 86 valence electrons. The van der Waals surface area contributed by atoms with Gasteiger partial charge in [-0.05, 0) is 23.8 Å². The van der Waals surface area contributed by atoms with Gasteiger partial charge in [-0.3, -0.25) is 0 Å². The molecule has 0 aliphatic heterocycles. The summed E-state index contributed by atoms with van der Waals surface area (Å²) in [6, 6.07) is 4.73. The van der Waals surface area contributed by atoms with Crippen molar-refractivity contribution in [2.45, 2.75) is 0 Å². The summed E-state index contributed by atoms with van der Waals surface area (Å²) < 4.78 is 9.19. The number of hydrogen-bond donors (Lipinski definition) is 2. The highest BCUT2D eigenvalue weighted by atomic mass is 16.5. The average Bonchev–Trinajstić information content (AvgIpc) is 2.29. The molecule has 16 heavy (non-hydrogen) atoms. The summed E-state index contributed by atoms with van der Waals surface area (Å²) in [6.07, 6.45) is 0.713. The third-order valence-electron chi connectivity index (χ3n) is 1.76. The second-order valence-electron chi connectivity index (χ2n) is 2.79. The monoisotopic (exact) mass is 224 g/mol. The van der Waals surface area contributed by atoms with E-state index in [4.69, 9.17) is 4.74 Å². The molecule has 0 aromatic heterocycles. The molecule has 2 N–H and O–H groups in total. The number of nitrogens with zero attached hydrogens (tertiary/aromatic N) is 1. The van der Waals surface area contributed by atoms with Crippen LogP contribution < -0.4 is 10.2 Å². The van der Waals surface area contributed by atoms with Crippen LogP contribution in [0.25, 0.3) is 0 Å². The number of nitrogens with one attached hydrogen (secondary N) is 1.